The van der Waals surface area contributed by atoms with Crippen molar-refractivity contribution in [2.75, 3.05) is 7.11 Å². The van der Waals surface area contributed by atoms with Crippen molar-refractivity contribution in [2.24, 2.45) is 0 Å². The Morgan fingerprint density at radius 3 is 2.33 bits per heavy atom. The molecular formula is C27H17BrO8. The third-order valence-electron chi connectivity index (χ3n) is 5.37. The van der Waals surface area contributed by atoms with Gasteiger partial charge in [-0.1, -0.05) is 15.9 Å². The molecule has 0 aliphatic carbocycles. The second kappa shape index (κ2) is 9.35. The van der Waals surface area contributed by atoms with Gasteiger partial charge >= 0.3 is 11.9 Å². The Balaban J connectivity index is 1.39. The summed E-state index contributed by atoms with van der Waals surface area (Å²) in [6.45, 7) is 1.59. The summed E-state index contributed by atoms with van der Waals surface area (Å²) in [4.78, 5) is 37.3. The maximum Gasteiger partial charge on any atom is 0.379 e. The Morgan fingerprint density at radius 2 is 1.58 bits per heavy atom. The van der Waals surface area contributed by atoms with Crippen LogP contribution in [0.5, 0.6) is 17.2 Å². The molecule has 0 N–H and O–H groups in total. The Labute approximate surface area is 212 Å². The van der Waals surface area contributed by atoms with Crippen LogP contribution in [0.2, 0.25) is 0 Å². The van der Waals surface area contributed by atoms with Gasteiger partial charge in [-0.15, -0.1) is 0 Å². The molecule has 180 valence electrons. The zero-order chi connectivity index (χ0) is 25.4. The molecule has 0 bridgehead atoms. The van der Waals surface area contributed by atoms with Crippen molar-refractivity contribution in [3.8, 4) is 17.2 Å². The Hall–Kier alpha value is -4.37. The summed E-state index contributed by atoms with van der Waals surface area (Å²) in [7, 11) is 1.29. The molecule has 8 nitrogen and oxygen atoms in total. The lowest BCUT2D eigenvalue weighted by atomic mass is 10.2. The van der Waals surface area contributed by atoms with Crippen LogP contribution in [0.15, 0.2) is 84.8 Å². The van der Waals surface area contributed by atoms with Crippen LogP contribution in [0.3, 0.4) is 0 Å². The van der Waals surface area contributed by atoms with Gasteiger partial charge in [0.2, 0.25) is 16.9 Å². The molecule has 0 unspecified atom stereocenters. The fraction of sp³-hybridized carbons (Fsp3) is 0.0741. The number of aryl methyl sites for hydroxylation is 1. The van der Waals surface area contributed by atoms with Gasteiger partial charge < -0.3 is 23.0 Å². The average Bonchev–Trinajstić information content (AvgIpc) is 3.30. The fourth-order valence-corrected chi connectivity index (χ4v) is 4.00. The summed E-state index contributed by atoms with van der Waals surface area (Å²) < 4.78 is 28.1. The van der Waals surface area contributed by atoms with E-state index in [4.69, 9.17) is 18.3 Å². The second-order valence-electron chi connectivity index (χ2n) is 7.77. The third-order valence-corrected chi connectivity index (χ3v) is 5.87. The summed E-state index contributed by atoms with van der Waals surface area (Å²) in [5, 5.41) is 0.999. The van der Waals surface area contributed by atoms with Gasteiger partial charge in [0.1, 0.15) is 28.4 Å². The first-order valence-electron chi connectivity index (χ1n) is 10.7. The van der Waals surface area contributed by atoms with E-state index in [2.05, 4.69) is 20.7 Å². The fourth-order valence-electron chi connectivity index (χ4n) is 3.62. The molecule has 36 heavy (non-hydrogen) atoms. The molecule has 0 radical (unpaired) electrons. The van der Waals surface area contributed by atoms with Crippen molar-refractivity contribution in [1.29, 1.82) is 0 Å². The largest absolute Gasteiger partial charge is 0.465 e. The van der Waals surface area contributed by atoms with E-state index >= 15 is 0 Å². The van der Waals surface area contributed by atoms with Crippen molar-refractivity contribution in [3.05, 3.63) is 98.5 Å². The number of furan rings is 1. The number of hydrogen-bond acceptors (Lipinski definition) is 8. The molecular weight excluding hydrogens is 532 g/mol. The highest BCUT2D eigenvalue weighted by molar-refractivity contribution is 9.10. The molecule has 0 saturated carbocycles. The molecule has 5 rings (SSSR count). The minimum Gasteiger partial charge on any atom is -0.465 e. The predicted octanol–water partition coefficient (Wildman–Crippen LogP) is 6.41. The molecule has 0 fully saturated rings. The molecule has 2 heterocycles. The van der Waals surface area contributed by atoms with Crippen molar-refractivity contribution in [3.63, 3.8) is 0 Å². The van der Waals surface area contributed by atoms with Crippen LogP contribution in [0, 0.1) is 6.92 Å². The van der Waals surface area contributed by atoms with Crippen molar-refractivity contribution in [1.82, 2.24) is 0 Å². The lowest BCUT2D eigenvalue weighted by Crippen LogP contribution is -2.09. The van der Waals surface area contributed by atoms with E-state index in [0.29, 0.717) is 16.9 Å². The number of ether oxygens (including phenoxy) is 3. The molecule has 2 aromatic heterocycles. The van der Waals surface area contributed by atoms with Gasteiger partial charge in [0.05, 0.1) is 18.1 Å². The van der Waals surface area contributed by atoms with Crippen LogP contribution >= 0.6 is 15.9 Å². The summed E-state index contributed by atoms with van der Waals surface area (Å²) >= 11 is 3.38. The monoisotopic (exact) mass is 548 g/mol. The number of rotatable bonds is 5. The van der Waals surface area contributed by atoms with Crippen LogP contribution in [0.1, 0.15) is 26.7 Å². The summed E-state index contributed by atoms with van der Waals surface area (Å²) in [5.74, 6) is -0.348. The first-order chi connectivity index (χ1) is 17.3. The quantitative estimate of drug-likeness (QED) is 0.183. The van der Waals surface area contributed by atoms with Gasteiger partial charge in [-0.2, -0.15) is 0 Å². The lowest BCUT2D eigenvalue weighted by Gasteiger charge is -2.10. The van der Waals surface area contributed by atoms with Crippen LogP contribution in [-0.4, -0.2) is 19.0 Å². The number of esters is 2. The number of benzene rings is 3. The SMILES string of the molecule is COC(=O)c1ccc(Oc2c(C)oc3cc(OC(=O)c4cc5cc(Br)ccc5o4)ccc3c2=O)cc1. The van der Waals surface area contributed by atoms with E-state index in [1.807, 2.05) is 12.1 Å². The van der Waals surface area contributed by atoms with E-state index in [0.717, 1.165) is 9.86 Å². The van der Waals surface area contributed by atoms with Crippen molar-refractivity contribution < 1.29 is 32.6 Å². The number of methoxy groups -OCH3 is 1. The van der Waals surface area contributed by atoms with Gasteiger partial charge in [0.15, 0.2) is 0 Å². The molecule has 0 spiro atoms. The van der Waals surface area contributed by atoms with Crippen LogP contribution in [0.25, 0.3) is 21.9 Å². The molecule has 0 saturated heterocycles. The second-order valence-corrected chi connectivity index (χ2v) is 8.69. The summed E-state index contributed by atoms with van der Waals surface area (Å²) in [6, 6.07) is 17.6. The zero-order valence-corrected chi connectivity index (χ0v) is 20.6. The van der Waals surface area contributed by atoms with Crippen LogP contribution < -0.4 is 14.9 Å². The highest BCUT2D eigenvalue weighted by Crippen LogP contribution is 2.29. The average molecular weight is 549 g/mol. The van der Waals surface area contributed by atoms with Gasteiger partial charge in [-0.3, -0.25) is 4.79 Å². The molecule has 0 atom stereocenters. The molecule has 0 aliphatic heterocycles. The van der Waals surface area contributed by atoms with Crippen molar-refractivity contribution >= 4 is 49.8 Å². The minimum atomic E-state index is -0.684. The number of fused-ring (bicyclic) bond motifs is 2. The first-order valence-corrected chi connectivity index (χ1v) is 11.5. The highest BCUT2D eigenvalue weighted by atomic mass is 79.9. The Kier molecular flexibility index (Phi) is 6.07. The van der Waals surface area contributed by atoms with Gasteiger partial charge in [-0.05, 0) is 67.6 Å². The van der Waals surface area contributed by atoms with Gasteiger partial charge in [0, 0.05) is 15.9 Å². The van der Waals surface area contributed by atoms with E-state index in [-0.39, 0.29) is 34.0 Å². The molecule has 3 aromatic carbocycles. The maximum absolute atomic E-state index is 13.1. The van der Waals surface area contributed by atoms with Crippen molar-refractivity contribution in [2.45, 2.75) is 6.92 Å². The molecule has 0 amide bonds. The molecule has 0 aliphatic rings. The van der Waals surface area contributed by atoms with E-state index in [1.165, 1.54) is 37.4 Å². The normalized spacial score (nSPS) is 11.0. The Bertz CT molecular complexity index is 1700. The summed E-state index contributed by atoms with van der Waals surface area (Å²) in [6.07, 6.45) is 0. The molecule has 5 aromatic rings. The summed E-state index contributed by atoms with van der Waals surface area (Å²) in [5.41, 5.74) is 0.735. The van der Waals surface area contributed by atoms with Gasteiger partial charge in [-0.25, -0.2) is 9.59 Å². The number of carbonyl (C=O) groups is 2. The van der Waals surface area contributed by atoms with Crippen LogP contribution in [-0.2, 0) is 4.74 Å². The zero-order valence-electron chi connectivity index (χ0n) is 19.0. The number of carbonyl (C=O) groups excluding carboxylic acids is 2. The first kappa shape index (κ1) is 23.4. The van der Waals surface area contributed by atoms with Crippen LogP contribution in [0.4, 0.5) is 0 Å². The maximum atomic E-state index is 13.1. The standard InChI is InChI=1S/C27H17BrO8/c1-14-25(34-18-6-3-15(4-7-18)26(30)32-2)24(29)20-9-8-19(13-22(20)33-14)35-27(31)23-12-16-11-17(28)5-10-21(16)36-23/h3-13H,1-2H3. The third kappa shape index (κ3) is 4.48. The predicted molar refractivity (Wildman–Crippen MR) is 134 cm³/mol. The number of hydrogen-bond donors (Lipinski definition) is 0. The smallest absolute Gasteiger partial charge is 0.379 e. The topological polar surface area (TPSA) is 105 Å². The Morgan fingerprint density at radius 1 is 0.833 bits per heavy atom. The van der Waals surface area contributed by atoms with E-state index in [1.54, 1.807) is 31.2 Å². The lowest BCUT2D eigenvalue weighted by molar-refractivity contribution is 0.0600. The van der Waals surface area contributed by atoms with E-state index in [9.17, 15) is 14.4 Å². The molecule has 9 heteroatoms. The minimum absolute atomic E-state index is 0.00602. The van der Waals surface area contributed by atoms with Gasteiger partial charge in [0.25, 0.3) is 0 Å². The highest BCUT2D eigenvalue weighted by Gasteiger charge is 2.18. The number of halogens is 1. The van der Waals surface area contributed by atoms with E-state index < -0.39 is 17.4 Å².